The van der Waals surface area contributed by atoms with Crippen LogP contribution in [0.1, 0.15) is 40.7 Å². The van der Waals surface area contributed by atoms with Gasteiger partial charge in [-0.05, 0) is 85.0 Å². The lowest BCUT2D eigenvalue weighted by molar-refractivity contribution is -0.284. The Morgan fingerprint density at radius 3 is 2.14 bits per heavy atom. The molecule has 0 aliphatic carbocycles. The van der Waals surface area contributed by atoms with Gasteiger partial charge in [-0.25, -0.2) is 9.59 Å². The zero-order valence-electron chi connectivity index (χ0n) is 22.9. The van der Waals surface area contributed by atoms with Gasteiger partial charge >= 0.3 is 24.0 Å². The van der Waals surface area contributed by atoms with Gasteiger partial charge < -0.3 is 30.8 Å². The van der Waals surface area contributed by atoms with E-state index in [1.54, 1.807) is 30.3 Å². The van der Waals surface area contributed by atoms with E-state index in [2.05, 4.69) is 0 Å². The minimum atomic E-state index is -5.64. The highest BCUT2D eigenvalue weighted by Crippen LogP contribution is 2.39. The first kappa shape index (κ1) is 32.7. The summed E-state index contributed by atoms with van der Waals surface area (Å²) in [4.78, 5) is 24.4. The number of nitrogen functional groups attached to an aromatic ring is 2. The van der Waals surface area contributed by atoms with Gasteiger partial charge in [-0.1, -0.05) is 12.1 Å². The minimum absolute atomic E-state index is 0.0407. The number of ether oxygens (including phenoxy) is 3. The molecule has 43 heavy (non-hydrogen) atoms. The van der Waals surface area contributed by atoms with E-state index in [-0.39, 0.29) is 34.8 Å². The number of nitrogens with two attached hydrogens (primary N) is 2. The van der Waals surface area contributed by atoms with Gasteiger partial charge in [-0.2, -0.15) is 22.0 Å². The van der Waals surface area contributed by atoms with Gasteiger partial charge in [0.1, 0.15) is 5.75 Å². The second-order valence-electron chi connectivity index (χ2n) is 9.46. The van der Waals surface area contributed by atoms with Crippen LogP contribution in [0, 0.1) is 0 Å². The summed E-state index contributed by atoms with van der Waals surface area (Å²) in [5, 5.41) is 9.63. The van der Waals surface area contributed by atoms with E-state index in [1.165, 1.54) is 43.5 Å². The molecule has 0 heterocycles. The number of carboxylic acids is 1. The van der Waals surface area contributed by atoms with Crippen molar-refractivity contribution in [2.75, 3.05) is 25.2 Å². The smallest absolute Gasteiger partial charge is 0.453 e. The molecule has 0 amide bonds. The first-order valence-corrected chi connectivity index (χ1v) is 12.8. The predicted octanol–water partition coefficient (Wildman–Crippen LogP) is 6.54. The number of carbonyl (C=O) groups excluding carboxylic acids is 1. The van der Waals surface area contributed by atoms with Crippen LogP contribution in [-0.2, 0) is 11.2 Å². The van der Waals surface area contributed by atoms with Gasteiger partial charge in [0.25, 0.3) is 0 Å². The Labute approximate surface area is 243 Å². The van der Waals surface area contributed by atoms with Crippen molar-refractivity contribution < 1.29 is 50.9 Å². The third-order valence-corrected chi connectivity index (χ3v) is 6.13. The summed E-state index contributed by atoms with van der Waals surface area (Å²) in [7, 11) is 1.26. The van der Waals surface area contributed by atoms with Crippen molar-refractivity contribution in [1.29, 1.82) is 0 Å². The fourth-order valence-electron chi connectivity index (χ4n) is 3.94. The molecule has 3 aromatic rings. The van der Waals surface area contributed by atoms with Gasteiger partial charge in [0.05, 0.1) is 19.3 Å². The summed E-state index contributed by atoms with van der Waals surface area (Å²) in [6.45, 7) is -0.439. The molecule has 0 radical (unpaired) electrons. The number of carboxylic acid groups (broad SMARTS) is 1. The molecule has 0 aromatic heterocycles. The highest BCUT2D eigenvalue weighted by atomic mass is 19.4. The lowest BCUT2D eigenvalue weighted by Crippen LogP contribution is -2.36. The lowest BCUT2D eigenvalue weighted by Gasteiger charge is -2.19. The predicted molar refractivity (Wildman–Crippen MR) is 149 cm³/mol. The van der Waals surface area contributed by atoms with Crippen molar-refractivity contribution in [3.63, 3.8) is 0 Å². The van der Waals surface area contributed by atoms with Crippen molar-refractivity contribution in [3.05, 3.63) is 82.9 Å². The van der Waals surface area contributed by atoms with Gasteiger partial charge in [0, 0.05) is 23.4 Å². The van der Waals surface area contributed by atoms with Crippen molar-refractivity contribution in [2.24, 2.45) is 0 Å². The Kier molecular flexibility index (Phi) is 10.6. The molecule has 0 spiro atoms. The maximum Gasteiger partial charge on any atom is 0.453 e. The maximum absolute atomic E-state index is 13.1. The van der Waals surface area contributed by atoms with Crippen LogP contribution in [0.3, 0.4) is 0 Å². The second-order valence-corrected chi connectivity index (χ2v) is 9.46. The number of benzene rings is 3. The van der Waals surface area contributed by atoms with Gasteiger partial charge in [0.15, 0.2) is 11.5 Å². The summed E-state index contributed by atoms with van der Waals surface area (Å²) in [5.74, 6) is -6.44. The first-order valence-electron chi connectivity index (χ1n) is 12.8. The van der Waals surface area contributed by atoms with E-state index in [0.29, 0.717) is 23.4 Å². The number of aryl methyl sites for hydroxylation is 1. The van der Waals surface area contributed by atoms with Crippen molar-refractivity contribution >= 4 is 29.4 Å². The average molecular weight is 609 g/mol. The molecule has 0 aliphatic heterocycles. The van der Waals surface area contributed by atoms with Crippen LogP contribution in [0.5, 0.6) is 17.2 Å². The fraction of sp³-hybridized carbons (Fsp3) is 0.267. The number of esters is 1. The number of anilines is 2. The van der Waals surface area contributed by atoms with Crippen LogP contribution in [0.25, 0.3) is 6.08 Å². The molecule has 3 aromatic carbocycles. The van der Waals surface area contributed by atoms with Crippen LogP contribution in [-0.4, -0.2) is 42.9 Å². The molecule has 3 rings (SSSR count). The van der Waals surface area contributed by atoms with E-state index < -0.39 is 43.5 Å². The number of aliphatic carboxylic acids is 1. The normalized spacial score (nSPS) is 12.1. The van der Waals surface area contributed by atoms with Crippen molar-refractivity contribution in [1.82, 2.24) is 0 Å². The van der Waals surface area contributed by atoms with Crippen LogP contribution in [0.4, 0.5) is 33.3 Å². The summed E-state index contributed by atoms with van der Waals surface area (Å²) < 4.78 is 78.8. The summed E-state index contributed by atoms with van der Waals surface area (Å²) in [5.41, 5.74) is 14.1. The molecule has 0 bridgehead atoms. The molecule has 0 saturated carbocycles. The number of alkyl halides is 5. The third kappa shape index (κ3) is 9.35. The Hall–Kier alpha value is -4.81. The van der Waals surface area contributed by atoms with Crippen molar-refractivity contribution in [2.45, 2.75) is 37.8 Å². The van der Waals surface area contributed by atoms with Crippen LogP contribution < -0.4 is 25.7 Å². The summed E-state index contributed by atoms with van der Waals surface area (Å²) in [6.07, 6.45) is -5.53. The molecular weight excluding hydrogens is 579 g/mol. The van der Waals surface area contributed by atoms with Gasteiger partial charge in [0.2, 0.25) is 0 Å². The maximum atomic E-state index is 13.1. The van der Waals surface area contributed by atoms with E-state index in [9.17, 15) is 36.6 Å². The second kappa shape index (κ2) is 13.9. The largest absolute Gasteiger partial charge is 0.493 e. The minimum Gasteiger partial charge on any atom is -0.493 e. The Morgan fingerprint density at radius 1 is 0.907 bits per heavy atom. The molecule has 0 atom stereocenters. The Bertz CT molecular complexity index is 1450. The molecule has 0 fully saturated rings. The molecule has 0 aliphatic rings. The zero-order valence-corrected chi connectivity index (χ0v) is 22.9. The number of rotatable bonds is 13. The number of halogens is 5. The van der Waals surface area contributed by atoms with Gasteiger partial charge in [-0.3, -0.25) is 0 Å². The molecule has 13 heteroatoms. The number of hydrogen-bond acceptors (Lipinski definition) is 7. The highest BCUT2D eigenvalue weighted by Gasteiger charge is 2.56. The zero-order chi connectivity index (χ0) is 31.8. The van der Waals surface area contributed by atoms with E-state index in [4.69, 9.17) is 25.7 Å². The van der Waals surface area contributed by atoms with Crippen LogP contribution >= 0.6 is 0 Å². The van der Waals surface area contributed by atoms with Crippen LogP contribution in [0.15, 0.2) is 66.2 Å². The van der Waals surface area contributed by atoms with E-state index in [1.807, 2.05) is 0 Å². The first-order chi connectivity index (χ1) is 20.2. The molecule has 5 N–H and O–H groups in total. The van der Waals surface area contributed by atoms with E-state index >= 15 is 0 Å². The number of carbonyl (C=O) groups is 2. The topological polar surface area (TPSA) is 134 Å². The molecular formula is C30H29F5N2O6. The summed E-state index contributed by atoms with van der Waals surface area (Å²) >= 11 is 0. The number of methoxy groups -OCH3 is 1. The SMILES string of the molecule is COc1cc(C(=O)Oc2ccc(/C=C(\CCc3cc(N)cc(N)c3)C(=O)O)cc2)ccc1OCCCC(F)(F)C(F)(F)F. The quantitative estimate of drug-likeness (QED) is 0.0498. The summed E-state index contributed by atoms with van der Waals surface area (Å²) in [6, 6.07) is 15.0. The average Bonchev–Trinajstić information content (AvgIpc) is 2.93. The molecule has 0 saturated heterocycles. The number of hydrogen-bond donors (Lipinski definition) is 3. The third-order valence-electron chi connectivity index (χ3n) is 6.13. The fourth-order valence-corrected chi connectivity index (χ4v) is 3.94. The van der Waals surface area contributed by atoms with Gasteiger partial charge in [-0.15, -0.1) is 0 Å². The molecule has 230 valence electrons. The van der Waals surface area contributed by atoms with Crippen molar-refractivity contribution in [3.8, 4) is 17.2 Å². The highest BCUT2D eigenvalue weighted by molar-refractivity contribution is 5.93. The van der Waals surface area contributed by atoms with Crippen LogP contribution in [0.2, 0.25) is 0 Å². The standard InChI is InChI=1S/C30H29F5N2O6/c1-41-26-16-21(7-10-25(26)42-12-2-11-29(31,32)30(33,34)35)28(40)43-24-8-4-18(5-9-24)13-20(27(38)39)6-3-19-14-22(36)17-23(37)15-19/h4-5,7-10,13-17H,2-3,6,11-12,36-37H2,1H3,(H,38,39)/b20-13+. The lowest BCUT2D eigenvalue weighted by atomic mass is 10.0. The molecule has 8 nitrogen and oxygen atoms in total. The monoisotopic (exact) mass is 608 g/mol. The Morgan fingerprint density at radius 2 is 1.56 bits per heavy atom. The Balaban J connectivity index is 1.60. The molecule has 0 unspecified atom stereocenters. The van der Waals surface area contributed by atoms with E-state index in [0.717, 1.165) is 5.56 Å².